The van der Waals surface area contributed by atoms with Crippen LogP contribution in [0.1, 0.15) is 44.8 Å². The van der Waals surface area contributed by atoms with E-state index in [-0.39, 0.29) is 17.2 Å². The van der Waals surface area contributed by atoms with Crippen molar-refractivity contribution in [1.29, 1.82) is 0 Å². The van der Waals surface area contributed by atoms with Gasteiger partial charge in [-0.3, -0.25) is 0 Å². The molecule has 5 nitrogen and oxygen atoms in total. The molecule has 3 aromatic carbocycles. The second-order valence-electron chi connectivity index (χ2n) is 8.21. The third-order valence-electron chi connectivity index (χ3n) is 6.43. The summed E-state index contributed by atoms with van der Waals surface area (Å²) in [6.45, 7) is 2.17. The van der Waals surface area contributed by atoms with Crippen LogP contribution in [-0.4, -0.2) is 30.7 Å². The maximum Gasteiger partial charge on any atom is 0.355 e. The second-order valence-corrected chi connectivity index (χ2v) is 8.21. The number of ether oxygens (including phenoxy) is 2. The van der Waals surface area contributed by atoms with Gasteiger partial charge in [-0.25, -0.2) is 14.0 Å². The zero-order valence-corrected chi connectivity index (χ0v) is 19.0. The average Bonchev–Trinajstić information content (AvgIpc) is 3.40. The molecule has 0 fully saturated rings. The number of methoxy groups -OCH3 is 2. The van der Waals surface area contributed by atoms with Crippen LogP contribution in [0.4, 0.5) is 4.39 Å². The molecule has 0 saturated heterocycles. The van der Waals surface area contributed by atoms with E-state index in [0.29, 0.717) is 11.3 Å². The minimum atomic E-state index is -0.698. The summed E-state index contributed by atoms with van der Waals surface area (Å²) in [6, 6.07) is 19.9. The maximum absolute atomic E-state index is 13.6. The van der Waals surface area contributed by atoms with Gasteiger partial charge in [0.15, 0.2) is 0 Å². The zero-order valence-electron chi connectivity index (χ0n) is 19.0. The SMILES string of the molecule is COC(=O)c1c(-c2ccc3c(c2)-c2ccccc2C3C)cn(-c2ccc(F)cc2)c1C(=O)OC. The first-order valence-corrected chi connectivity index (χ1v) is 10.9. The second kappa shape index (κ2) is 8.30. The van der Waals surface area contributed by atoms with Crippen molar-refractivity contribution in [2.75, 3.05) is 14.2 Å². The van der Waals surface area contributed by atoms with Crippen molar-refractivity contribution in [3.05, 3.63) is 101 Å². The summed E-state index contributed by atoms with van der Waals surface area (Å²) in [5.41, 5.74) is 6.60. The third-order valence-corrected chi connectivity index (χ3v) is 6.43. The summed E-state index contributed by atoms with van der Waals surface area (Å²) in [5, 5.41) is 0. The lowest BCUT2D eigenvalue weighted by Gasteiger charge is -2.10. The van der Waals surface area contributed by atoms with Gasteiger partial charge in [0.2, 0.25) is 0 Å². The number of fused-ring (bicyclic) bond motifs is 3. The quantitative estimate of drug-likeness (QED) is 0.355. The molecule has 4 aromatic rings. The molecule has 170 valence electrons. The van der Waals surface area contributed by atoms with Crippen molar-refractivity contribution < 1.29 is 23.5 Å². The van der Waals surface area contributed by atoms with Gasteiger partial charge in [-0.2, -0.15) is 0 Å². The fraction of sp³-hybridized carbons (Fsp3) is 0.143. The van der Waals surface area contributed by atoms with Crippen molar-refractivity contribution >= 4 is 11.9 Å². The fourth-order valence-electron chi connectivity index (χ4n) is 4.76. The number of nitrogens with zero attached hydrogens (tertiary/aromatic N) is 1. The van der Waals surface area contributed by atoms with E-state index in [9.17, 15) is 14.0 Å². The number of aromatic nitrogens is 1. The summed E-state index contributed by atoms with van der Waals surface area (Å²) >= 11 is 0. The normalized spacial score (nSPS) is 13.8. The minimum Gasteiger partial charge on any atom is -0.465 e. The number of benzene rings is 3. The van der Waals surface area contributed by atoms with Gasteiger partial charge in [-0.15, -0.1) is 0 Å². The number of carbonyl (C=O) groups excluding carboxylic acids is 2. The number of rotatable bonds is 4. The van der Waals surface area contributed by atoms with E-state index in [2.05, 4.69) is 25.1 Å². The summed E-state index contributed by atoms with van der Waals surface area (Å²) in [7, 11) is 2.52. The van der Waals surface area contributed by atoms with E-state index in [0.717, 1.165) is 16.7 Å². The molecule has 6 heteroatoms. The molecule has 1 aliphatic rings. The van der Waals surface area contributed by atoms with Crippen molar-refractivity contribution in [2.24, 2.45) is 0 Å². The summed E-state index contributed by atoms with van der Waals surface area (Å²) in [4.78, 5) is 25.8. The Balaban J connectivity index is 1.77. The van der Waals surface area contributed by atoms with Crippen molar-refractivity contribution in [2.45, 2.75) is 12.8 Å². The molecule has 0 bridgehead atoms. The first kappa shape index (κ1) is 21.6. The van der Waals surface area contributed by atoms with E-state index in [4.69, 9.17) is 9.47 Å². The smallest absolute Gasteiger partial charge is 0.355 e. The molecule has 1 unspecified atom stereocenters. The Morgan fingerprint density at radius 2 is 1.50 bits per heavy atom. The summed E-state index contributed by atoms with van der Waals surface area (Å²) in [6.07, 6.45) is 1.69. The maximum atomic E-state index is 13.6. The van der Waals surface area contributed by atoms with Crippen LogP contribution < -0.4 is 0 Å². The van der Waals surface area contributed by atoms with Crippen LogP contribution in [0, 0.1) is 5.82 Å². The standard InChI is InChI=1S/C28H22FNO4/c1-16-20-6-4-5-7-22(20)23-14-17(8-13-21(16)23)24-15-30(19-11-9-18(29)10-12-19)26(28(32)34-3)25(24)27(31)33-2/h4-16H,1-3H3. The van der Waals surface area contributed by atoms with Gasteiger partial charge < -0.3 is 14.0 Å². The Morgan fingerprint density at radius 3 is 2.21 bits per heavy atom. The molecule has 1 aliphatic carbocycles. The van der Waals surface area contributed by atoms with Gasteiger partial charge in [0.25, 0.3) is 0 Å². The molecule has 0 radical (unpaired) electrons. The molecule has 0 N–H and O–H groups in total. The topological polar surface area (TPSA) is 57.5 Å². The lowest BCUT2D eigenvalue weighted by Crippen LogP contribution is -2.15. The Morgan fingerprint density at radius 1 is 0.824 bits per heavy atom. The van der Waals surface area contributed by atoms with E-state index < -0.39 is 17.8 Å². The van der Waals surface area contributed by atoms with Gasteiger partial charge in [0, 0.05) is 23.4 Å². The molecule has 0 spiro atoms. The van der Waals surface area contributed by atoms with E-state index >= 15 is 0 Å². The molecule has 0 aliphatic heterocycles. The highest BCUT2D eigenvalue weighted by molar-refractivity contribution is 6.08. The van der Waals surface area contributed by atoms with Crippen LogP contribution in [0.25, 0.3) is 27.9 Å². The molecule has 34 heavy (non-hydrogen) atoms. The summed E-state index contributed by atoms with van der Waals surface area (Å²) < 4.78 is 25.2. The van der Waals surface area contributed by atoms with Gasteiger partial charge >= 0.3 is 11.9 Å². The Hall–Kier alpha value is -4.19. The predicted molar refractivity (Wildman–Crippen MR) is 127 cm³/mol. The highest BCUT2D eigenvalue weighted by atomic mass is 19.1. The monoisotopic (exact) mass is 455 g/mol. The molecular formula is C28H22FNO4. The van der Waals surface area contributed by atoms with Crippen LogP contribution in [0.2, 0.25) is 0 Å². The number of carbonyl (C=O) groups is 2. The predicted octanol–water partition coefficient (Wildman–Crippen LogP) is 5.99. The van der Waals surface area contributed by atoms with Crippen LogP contribution in [0.5, 0.6) is 0 Å². The Kier molecular flexibility index (Phi) is 5.28. The van der Waals surface area contributed by atoms with Crippen LogP contribution in [0.3, 0.4) is 0 Å². The molecule has 5 rings (SSSR count). The van der Waals surface area contributed by atoms with Crippen molar-refractivity contribution in [1.82, 2.24) is 4.57 Å². The van der Waals surface area contributed by atoms with E-state index in [1.807, 2.05) is 24.3 Å². The lowest BCUT2D eigenvalue weighted by molar-refractivity contribution is 0.0550. The average molecular weight is 455 g/mol. The Labute approximate surface area is 196 Å². The highest BCUT2D eigenvalue weighted by Gasteiger charge is 2.31. The zero-order chi connectivity index (χ0) is 24.0. The van der Waals surface area contributed by atoms with Gasteiger partial charge in [0.1, 0.15) is 17.1 Å². The Bertz CT molecular complexity index is 1440. The van der Waals surface area contributed by atoms with Crippen LogP contribution in [0.15, 0.2) is 72.9 Å². The van der Waals surface area contributed by atoms with Gasteiger partial charge in [-0.1, -0.05) is 43.3 Å². The minimum absolute atomic E-state index is 0.0187. The van der Waals surface area contributed by atoms with Crippen LogP contribution in [-0.2, 0) is 9.47 Å². The van der Waals surface area contributed by atoms with E-state index in [1.165, 1.54) is 54.2 Å². The third kappa shape index (κ3) is 3.30. The highest BCUT2D eigenvalue weighted by Crippen LogP contribution is 2.46. The van der Waals surface area contributed by atoms with Crippen LogP contribution >= 0.6 is 0 Å². The lowest BCUT2D eigenvalue weighted by atomic mass is 9.95. The number of hydrogen-bond acceptors (Lipinski definition) is 4. The molecule has 1 atom stereocenters. The first-order chi connectivity index (χ1) is 16.4. The van der Waals surface area contributed by atoms with Crippen molar-refractivity contribution in [3.63, 3.8) is 0 Å². The molecular weight excluding hydrogens is 433 g/mol. The molecule has 0 amide bonds. The summed E-state index contributed by atoms with van der Waals surface area (Å²) in [5.74, 6) is -1.51. The fourth-order valence-corrected chi connectivity index (χ4v) is 4.76. The van der Waals surface area contributed by atoms with E-state index in [1.54, 1.807) is 6.20 Å². The first-order valence-electron chi connectivity index (χ1n) is 10.9. The largest absolute Gasteiger partial charge is 0.465 e. The van der Waals surface area contributed by atoms with Gasteiger partial charge in [0.05, 0.1) is 14.2 Å². The van der Waals surface area contributed by atoms with Gasteiger partial charge in [-0.05, 0) is 58.1 Å². The molecule has 1 heterocycles. The number of hydrogen-bond donors (Lipinski definition) is 0. The van der Waals surface area contributed by atoms with Crippen molar-refractivity contribution in [3.8, 4) is 27.9 Å². The molecule has 0 saturated carbocycles. The number of esters is 2. The molecule has 1 aromatic heterocycles. The number of halogens is 1.